The van der Waals surface area contributed by atoms with E-state index in [0.29, 0.717) is 23.3 Å². The molecule has 0 aliphatic rings. The molecule has 2 aromatic rings. The van der Waals surface area contributed by atoms with Crippen LogP contribution in [-0.4, -0.2) is 24.1 Å². The number of ether oxygens (including phenoxy) is 1. The Morgan fingerprint density at radius 3 is 2.58 bits per heavy atom. The predicted molar refractivity (Wildman–Crippen MR) is 95.8 cm³/mol. The molecule has 2 aromatic carbocycles. The number of carbonyl (C=O) groups excluding carboxylic acids is 1. The third kappa shape index (κ3) is 4.95. The molecular weight excluding hydrogens is 361 g/mol. The van der Waals surface area contributed by atoms with Gasteiger partial charge in [0.2, 0.25) is 5.91 Å². The summed E-state index contributed by atoms with van der Waals surface area (Å²) in [5.41, 5.74) is 0.988. The number of carboxylic acids is 1. The predicted octanol–water partition coefficient (Wildman–Crippen LogP) is 3.61. The van der Waals surface area contributed by atoms with Crippen LogP contribution in [0, 0.1) is 11.7 Å². The van der Waals surface area contributed by atoms with Crippen molar-refractivity contribution in [2.75, 3.05) is 7.11 Å². The van der Waals surface area contributed by atoms with Crippen molar-refractivity contribution < 1.29 is 23.8 Å². The monoisotopic (exact) mass is 379 g/mol. The van der Waals surface area contributed by atoms with Crippen LogP contribution in [-0.2, 0) is 16.0 Å². The molecule has 0 saturated carbocycles. The quantitative estimate of drug-likeness (QED) is 0.770. The molecule has 2 unspecified atom stereocenters. The highest BCUT2D eigenvalue weighted by Crippen LogP contribution is 2.28. The maximum absolute atomic E-state index is 13.3. The van der Waals surface area contributed by atoms with Crippen molar-refractivity contribution in [2.45, 2.75) is 19.4 Å². The molecule has 7 heteroatoms. The molecule has 0 aliphatic heterocycles. The number of carbonyl (C=O) groups is 2. The highest BCUT2D eigenvalue weighted by molar-refractivity contribution is 6.32. The second-order valence-electron chi connectivity index (χ2n) is 5.91. The molecule has 0 heterocycles. The average molecular weight is 380 g/mol. The van der Waals surface area contributed by atoms with Crippen molar-refractivity contribution in [3.63, 3.8) is 0 Å². The lowest BCUT2D eigenvalue weighted by molar-refractivity contribution is -0.142. The first-order chi connectivity index (χ1) is 12.3. The zero-order valence-electron chi connectivity index (χ0n) is 14.3. The SMILES string of the molecule is COc1ccc(C(NC(=O)C(C)Cc2cccc(F)c2)C(=O)O)cc1Cl. The zero-order chi connectivity index (χ0) is 19.3. The van der Waals surface area contributed by atoms with Crippen LogP contribution >= 0.6 is 11.6 Å². The molecular formula is C19H19ClFNO4. The minimum absolute atomic E-state index is 0.248. The fourth-order valence-electron chi connectivity index (χ4n) is 2.54. The van der Waals surface area contributed by atoms with Crippen molar-refractivity contribution in [1.29, 1.82) is 0 Å². The lowest BCUT2D eigenvalue weighted by atomic mass is 9.99. The molecule has 2 rings (SSSR count). The van der Waals surface area contributed by atoms with E-state index in [2.05, 4.69) is 5.32 Å². The van der Waals surface area contributed by atoms with Gasteiger partial charge in [-0.1, -0.05) is 36.7 Å². The van der Waals surface area contributed by atoms with Crippen LogP contribution in [0.4, 0.5) is 4.39 Å². The number of aliphatic carboxylic acids is 1. The lowest BCUT2D eigenvalue weighted by Crippen LogP contribution is -2.37. The van der Waals surface area contributed by atoms with E-state index < -0.39 is 23.8 Å². The van der Waals surface area contributed by atoms with Crippen LogP contribution < -0.4 is 10.1 Å². The smallest absolute Gasteiger partial charge is 0.330 e. The third-order valence-electron chi connectivity index (χ3n) is 3.92. The summed E-state index contributed by atoms with van der Waals surface area (Å²) in [6, 6.07) is 9.21. The summed E-state index contributed by atoms with van der Waals surface area (Å²) in [6.07, 6.45) is 0.291. The normalized spacial score (nSPS) is 12.9. The van der Waals surface area contributed by atoms with E-state index in [4.69, 9.17) is 16.3 Å². The first-order valence-corrected chi connectivity index (χ1v) is 8.30. The van der Waals surface area contributed by atoms with E-state index in [9.17, 15) is 19.1 Å². The number of nitrogens with one attached hydrogen (secondary N) is 1. The molecule has 138 valence electrons. The molecule has 0 fully saturated rings. The Morgan fingerprint density at radius 2 is 2.00 bits per heavy atom. The van der Waals surface area contributed by atoms with Crippen LogP contribution in [0.2, 0.25) is 5.02 Å². The van der Waals surface area contributed by atoms with Gasteiger partial charge in [-0.05, 0) is 41.8 Å². The van der Waals surface area contributed by atoms with Crippen LogP contribution in [0.15, 0.2) is 42.5 Å². The summed E-state index contributed by atoms with van der Waals surface area (Å²) in [4.78, 5) is 24.0. The van der Waals surface area contributed by atoms with Gasteiger partial charge in [0.1, 0.15) is 11.6 Å². The van der Waals surface area contributed by atoms with Crippen LogP contribution in [0.3, 0.4) is 0 Å². The molecule has 1 amide bonds. The maximum Gasteiger partial charge on any atom is 0.330 e. The van der Waals surface area contributed by atoms with Crippen LogP contribution in [0.1, 0.15) is 24.1 Å². The molecule has 0 aromatic heterocycles. The second kappa shape index (κ2) is 8.67. The maximum atomic E-state index is 13.3. The summed E-state index contributed by atoms with van der Waals surface area (Å²) in [5, 5.41) is 12.2. The molecule has 0 bridgehead atoms. The molecule has 0 saturated heterocycles. The summed E-state index contributed by atoms with van der Waals surface area (Å²) < 4.78 is 18.3. The Hall–Kier alpha value is -2.60. The largest absolute Gasteiger partial charge is 0.495 e. The standard InChI is InChI=1S/C19H19ClFNO4/c1-11(8-12-4-3-5-14(21)9-12)18(23)22-17(19(24)25)13-6-7-16(26-2)15(20)10-13/h3-7,9-11,17H,8H2,1-2H3,(H,22,23)(H,24,25). The Kier molecular flexibility index (Phi) is 6.58. The molecule has 5 nitrogen and oxygen atoms in total. The number of hydrogen-bond donors (Lipinski definition) is 2. The summed E-state index contributed by atoms with van der Waals surface area (Å²) >= 11 is 6.03. The van der Waals surface area contributed by atoms with Gasteiger partial charge in [0, 0.05) is 5.92 Å². The molecule has 0 radical (unpaired) electrons. The van der Waals surface area contributed by atoms with Gasteiger partial charge in [0.25, 0.3) is 0 Å². The lowest BCUT2D eigenvalue weighted by Gasteiger charge is -2.19. The van der Waals surface area contributed by atoms with Crippen LogP contribution in [0.5, 0.6) is 5.75 Å². The van der Waals surface area contributed by atoms with Crippen molar-refractivity contribution in [1.82, 2.24) is 5.32 Å². The van der Waals surface area contributed by atoms with Gasteiger partial charge in [-0.15, -0.1) is 0 Å². The zero-order valence-corrected chi connectivity index (χ0v) is 15.1. The van der Waals surface area contributed by atoms with Gasteiger partial charge in [0.05, 0.1) is 12.1 Å². The molecule has 0 aliphatic carbocycles. The topological polar surface area (TPSA) is 75.6 Å². The number of halogens is 2. The summed E-state index contributed by atoms with van der Waals surface area (Å²) in [7, 11) is 1.45. The van der Waals surface area contributed by atoms with E-state index in [1.54, 1.807) is 19.1 Å². The van der Waals surface area contributed by atoms with E-state index in [1.165, 1.54) is 37.4 Å². The number of methoxy groups -OCH3 is 1. The second-order valence-corrected chi connectivity index (χ2v) is 6.32. The Bertz CT molecular complexity index is 812. The van der Waals surface area contributed by atoms with Crippen molar-refractivity contribution in [3.8, 4) is 5.75 Å². The third-order valence-corrected chi connectivity index (χ3v) is 4.22. The van der Waals surface area contributed by atoms with Crippen molar-refractivity contribution in [2.24, 2.45) is 5.92 Å². The average Bonchev–Trinajstić information content (AvgIpc) is 2.59. The van der Waals surface area contributed by atoms with Gasteiger partial charge in [-0.3, -0.25) is 4.79 Å². The van der Waals surface area contributed by atoms with Crippen LogP contribution in [0.25, 0.3) is 0 Å². The Morgan fingerprint density at radius 1 is 1.27 bits per heavy atom. The van der Waals surface area contributed by atoms with Gasteiger partial charge >= 0.3 is 5.97 Å². The summed E-state index contributed by atoms with van der Waals surface area (Å²) in [6.45, 7) is 1.65. The Balaban J connectivity index is 2.12. The molecule has 2 N–H and O–H groups in total. The fraction of sp³-hybridized carbons (Fsp3) is 0.263. The number of carboxylic acid groups (broad SMARTS) is 1. The van der Waals surface area contributed by atoms with Gasteiger partial charge in [-0.25, -0.2) is 9.18 Å². The first-order valence-electron chi connectivity index (χ1n) is 7.93. The molecule has 2 atom stereocenters. The number of benzene rings is 2. The first kappa shape index (κ1) is 19.7. The molecule has 0 spiro atoms. The minimum Gasteiger partial charge on any atom is -0.495 e. The minimum atomic E-state index is -1.25. The number of hydrogen-bond acceptors (Lipinski definition) is 3. The Labute approximate surface area is 155 Å². The van der Waals surface area contributed by atoms with Crippen molar-refractivity contribution in [3.05, 3.63) is 64.4 Å². The highest BCUT2D eigenvalue weighted by Gasteiger charge is 2.25. The number of rotatable bonds is 7. The van der Waals surface area contributed by atoms with Gasteiger partial charge < -0.3 is 15.2 Å². The van der Waals surface area contributed by atoms with Crippen molar-refractivity contribution >= 4 is 23.5 Å². The summed E-state index contributed by atoms with van der Waals surface area (Å²) in [5.74, 6) is -2.17. The fourth-order valence-corrected chi connectivity index (χ4v) is 2.81. The van der Waals surface area contributed by atoms with E-state index in [-0.39, 0.29) is 10.8 Å². The van der Waals surface area contributed by atoms with E-state index >= 15 is 0 Å². The molecule has 26 heavy (non-hydrogen) atoms. The highest BCUT2D eigenvalue weighted by atomic mass is 35.5. The number of amides is 1. The van der Waals surface area contributed by atoms with E-state index in [0.717, 1.165) is 0 Å². The van der Waals surface area contributed by atoms with Gasteiger partial charge in [-0.2, -0.15) is 0 Å². The van der Waals surface area contributed by atoms with Gasteiger partial charge in [0.15, 0.2) is 6.04 Å². The van der Waals surface area contributed by atoms with E-state index in [1.807, 2.05) is 0 Å².